The van der Waals surface area contributed by atoms with E-state index in [0.717, 1.165) is 6.42 Å². The van der Waals surface area contributed by atoms with E-state index in [2.05, 4.69) is 24.4 Å². The number of nitrogen functional groups attached to an aromatic ring is 2. The van der Waals surface area contributed by atoms with E-state index < -0.39 is 5.82 Å². The van der Waals surface area contributed by atoms with Crippen LogP contribution in [0.4, 0.5) is 21.5 Å². The predicted octanol–water partition coefficient (Wildman–Crippen LogP) is 4.06. The first-order chi connectivity index (χ1) is 9.38. The molecule has 1 aromatic heterocycles. The molecule has 0 bridgehead atoms. The summed E-state index contributed by atoms with van der Waals surface area (Å²) < 4.78 is 14.1. The number of benzene rings is 1. The Morgan fingerprint density at radius 3 is 2.65 bits per heavy atom. The molecule has 0 aliphatic rings. The van der Waals surface area contributed by atoms with E-state index in [-0.39, 0.29) is 28.1 Å². The van der Waals surface area contributed by atoms with Gasteiger partial charge in [0, 0.05) is 22.2 Å². The van der Waals surface area contributed by atoms with Crippen LogP contribution in [0.3, 0.4) is 0 Å². The third-order valence-electron chi connectivity index (χ3n) is 2.96. The fourth-order valence-corrected chi connectivity index (χ4v) is 3.18. The summed E-state index contributed by atoms with van der Waals surface area (Å²) in [6.45, 7) is 4.03. The Hall–Kier alpha value is -1.46. The quantitative estimate of drug-likeness (QED) is 0.746. The number of nitrogens with two attached hydrogens (primary N) is 2. The molecule has 1 heterocycles. The van der Waals surface area contributed by atoms with Crippen molar-refractivity contribution in [3.8, 4) is 0 Å². The Bertz CT molecular complexity index is 627. The number of hydrogen-bond donors (Lipinski definition) is 3. The predicted molar refractivity (Wildman–Crippen MR) is 86.1 cm³/mol. The zero-order valence-electron chi connectivity index (χ0n) is 11.3. The largest absolute Gasteiger partial charge is 0.397 e. The van der Waals surface area contributed by atoms with E-state index in [1.54, 1.807) is 11.3 Å². The van der Waals surface area contributed by atoms with Crippen LogP contribution in [0, 0.1) is 12.7 Å². The van der Waals surface area contributed by atoms with Crippen molar-refractivity contribution >= 4 is 40.0 Å². The molecule has 0 amide bonds. The van der Waals surface area contributed by atoms with Crippen LogP contribution in [0.15, 0.2) is 18.2 Å². The number of rotatable bonds is 4. The smallest absolute Gasteiger partial charge is 0.169 e. The van der Waals surface area contributed by atoms with E-state index in [4.69, 9.17) is 23.1 Å². The van der Waals surface area contributed by atoms with Crippen molar-refractivity contribution in [1.82, 2.24) is 0 Å². The third-order valence-corrected chi connectivity index (χ3v) is 4.37. The van der Waals surface area contributed by atoms with Crippen LogP contribution in [0.5, 0.6) is 0 Å². The van der Waals surface area contributed by atoms with Crippen LogP contribution in [0.1, 0.15) is 16.7 Å². The zero-order valence-corrected chi connectivity index (χ0v) is 12.9. The van der Waals surface area contributed by atoms with E-state index in [9.17, 15) is 4.39 Å². The number of hydrogen-bond acceptors (Lipinski definition) is 4. The minimum Gasteiger partial charge on any atom is -0.397 e. The van der Waals surface area contributed by atoms with Crippen molar-refractivity contribution in [2.24, 2.45) is 0 Å². The van der Waals surface area contributed by atoms with Crippen LogP contribution >= 0.6 is 22.9 Å². The van der Waals surface area contributed by atoms with Crippen LogP contribution in [0.2, 0.25) is 5.02 Å². The Kier molecular flexibility index (Phi) is 4.40. The van der Waals surface area contributed by atoms with Gasteiger partial charge < -0.3 is 16.8 Å². The summed E-state index contributed by atoms with van der Waals surface area (Å²) in [6, 6.07) is 5.65. The molecule has 0 saturated carbocycles. The molecule has 0 aliphatic carbocycles. The first-order valence-electron chi connectivity index (χ1n) is 6.23. The van der Waals surface area contributed by atoms with Crippen molar-refractivity contribution < 1.29 is 4.39 Å². The summed E-state index contributed by atoms with van der Waals surface area (Å²) in [5, 5.41) is 2.97. The summed E-state index contributed by atoms with van der Waals surface area (Å²) in [4.78, 5) is 2.50. The lowest BCUT2D eigenvalue weighted by atomic mass is 10.1. The van der Waals surface area contributed by atoms with Gasteiger partial charge in [0.1, 0.15) is 5.02 Å². The topological polar surface area (TPSA) is 64.1 Å². The third kappa shape index (κ3) is 3.16. The molecule has 0 aliphatic heterocycles. The van der Waals surface area contributed by atoms with E-state index in [0.29, 0.717) is 0 Å². The van der Waals surface area contributed by atoms with Crippen LogP contribution in [0.25, 0.3) is 0 Å². The van der Waals surface area contributed by atoms with Gasteiger partial charge in [0.25, 0.3) is 0 Å². The molecule has 2 aromatic rings. The highest BCUT2D eigenvalue weighted by molar-refractivity contribution is 7.11. The molecule has 1 unspecified atom stereocenters. The maximum Gasteiger partial charge on any atom is 0.169 e. The second-order valence-corrected chi connectivity index (χ2v) is 6.57. The number of halogens is 2. The molecule has 108 valence electrons. The molecule has 6 heteroatoms. The summed E-state index contributed by atoms with van der Waals surface area (Å²) in [6.07, 6.45) is 0.791. The fraction of sp³-hybridized carbons (Fsp3) is 0.286. The molecule has 3 nitrogen and oxygen atoms in total. The average molecular weight is 314 g/mol. The van der Waals surface area contributed by atoms with Gasteiger partial charge in [-0.3, -0.25) is 0 Å². The lowest BCUT2D eigenvalue weighted by Gasteiger charge is -2.18. The Morgan fingerprint density at radius 1 is 1.35 bits per heavy atom. The van der Waals surface area contributed by atoms with Crippen LogP contribution < -0.4 is 16.8 Å². The monoisotopic (exact) mass is 313 g/mol. The highest BCUT2D eigenvalue weighted by atomic mass is 35.5. The summed E-state index contributed by atoms with van der Waals surface area (Å²) in [5.74, 6) is -0.599. The SMILES string of the molecule is Cc1ccc(CC(C)Nc2c(N)cc(N)c(Cl)c2F)s1. The van der Waals surface area contributed by atoms with Gasteiger partial charge in [-0.25, -0.2) is 4.39 Å². The van der Waals surface area contributed by atoms with Crippen molar-refractivity contribution in [2.75, 3.05) is 16.8 Å². The molecular weight excluding hydrogens is 297 g/mol. The standard InChI is InChI=1S/C14H17ClFN3S/c1-7(5-9-4-3-8(2)20-9)19-14-11(18)6-10(17)12(15)13(14)16/h3-4,6-7,19H,5,17-18H2,1-2H3. The Labute approximate surface area is 126 Å². The highest BCUT2D eigenvalue weighted by Gasteiger charge is 2.16. The Morgan fingerprint density at radius 2 is 2.05 bits per heavy atom. The number of thiophene rings is 1. The molecule has 0 saturated heterocycles. The first kappa shape index (κ1) is 14.9. The maximum atomic E-state index is 14.1. The van der Waals surface area contributed by atoms with E-state index >= 15 is 0 Å². The van der Waals surface area contributed by atoms with Crippen molar-refractivity contribution in [3.63, 3.8) is 0 Å². The van der Waals surface area contributed by atoms with E-state index in [1.807, 2.05) is 6.92 Å². The first-order valence-corrected chi connectivity index (χ1v) is 7.42. The molecule has 0 fully saturated rings. The number of anilines is 3. The van der Waals surface area contributed by atoms with Gasteiger partial charge in [0.15, 0.2) is 5.82 Å². The van der Waals surface area contributed by atoms with Gasteiger partial charge in [-0.15, -0.1) is 11.3 Å². The second-order valence-electron chi connectivity index (χ2n) is 4.82. The zero-order chi connectivity index (χ0) is 14.9. The molecule has 0 radical (unpaired) electrons. The van der Waals surface area contributed by atoms with Gasteiger partial charge in [0.2, 0.25) is 0 Å². The molecule has 1 aromatic carbocycles. The minimum atomic E-state index is -0.599. The lowest BCUT2D eigenvalue weighted by Crippen LogP contribution is -2.19. The molecule has 2 rings (SSSR count). The number of nitrogens with one attached hydrogen (secondary N) is 1. The van der Waals surface area contributed by atoms with Gasteiger partial charge in [-0.1, -0.05) is 11.6 Å². The molecule has 0 spiro atoms. The molecule has 5 N–H and O–H groups in total. The highest BCUT2D eigenvalue weighted by Crippen LogP contribution is 2.34. The van der Waals surface area contributed by atoms with Crippen LogP contribution in [-0.2, 0) is 6.42 Å². The van der Waals surface area contributed by atoms with Crippen LogP contribution in [-0.4, -0.2) is 6.04 Å². The Balaban J connectivity index is 2.15. The second kappa shape index (κ2) is 5.89. The van der Waals surface area contributed by atoms with Crippen molar-refractivity contribution in [1.29, 1.82) is 0 Å². The summed E-state index contributed by atoms with van der Waals surface area (Å²) in [5.41, 5.74) is 12.0. The fourth-order valence-electron chi connectivity index (χ4n) is 2.01. The van der Waals surface area contributed by atoms with Crippen molar-refractivity contribution in [2.45, 2.75) is 26.3 Å². The normalized spacial score (nSPS) is 12.4. The lowest BCUT2D eigenvalue weighted by molar-refractivity contribution is 0.628. The number of aryl methyl sites for hydroxylation is 1. The summed E-state index contributed by atoms with van der Waals surface area (Å²) >= 11 is 7.54. The molecular formula is C14H17ClFN3S. The molecule has 20 heavy (non-hydrogen) atoms. The van der Waals surface area contributed by atoms with Gasteiger partial charge in [0.05, 0.1) is 17.1 Å². The summed E-state index contributed by atoms with van der Waals surface area (Å²) in [7, 11) is 0. The van der Waals surface area contributed by atoms with Crippen molar-refractivity contribution in [3.05, 3.63) is 38.8 Å². The van der Waals surface area contributed by atoms with E-state index in [1.165, 1.54) is 15.8 Å². The molecule has 1 atom stereocenters. The average Bonchev–Trinajstić information content (AvgIpc) is 2.77. The van der Waals surface area contributed by atoms with Gasteiger partial charge >= 0.3 is 0 Å². The van der Waals surface area contributed by atoms with Gasteiger partial charge in [-0.2, -0.15) is 0 Å². The van der Waals surface area contributed by atoms with Gasteiger partial charge in [-0.05, 0) is 32.0 Å². The minimum absolute atomic E-state index is 0.0320. The maximum absolute atomic E-state index is 14.1.